The van der Waals surface area contributed by atoms with E-state index in [9.17, 15) is 9.59 Å². The highest BCUT2D eigenvalue weighted by atomic mass is 16.5. The van der Waals surface area contributed by atoms with E-state index in [2.05, 4.69) is 15.5 Å². The van der Waals surface area contributed by atoms with Gasteiger partial charge in [-0.25, -0.2) is 0 Å². The molecule has 0 bridgehead atoms. The Kier molecular flexibility index (Phi) is 7.03. The molecule has 3 rings (SSSR count). The lowest BCUT2D eigenvalue weighted by molar-refractivity contribution is -0.125. The molecule has 0 radical (unpaired) electrons. The number of rotatable bonds is 7. The first-order chi connectivity index (χ1) is 13.7. The number of methoxy groups -OCH3 is 1. The van der Waals surface area contributed by atoms with Crippen LogP contribution in [0.25, 0.3) is 0 Å². The van der Waals surface area contributed by atoms with Gasteiger partial charge in [0.2, 0.25) is 11.8 Å². The molecule has 1 saturated heterocycles. The van der Waals surface area contributed by atoms with Crippen LogP contribution in [0.15, 0.2) is 54.6 Å². The van der Waals surface area contributed by atoms with Gasteiger partial charge in [0.1, 0.15) is 5.75 Å². The van der Waals surface area contributed by atoms with E-state index in [1.807, 2.05) is 54.6 Å². The van der Waals surface area contributed by atoms with Gasteiger partial charge < -0.3 is 15.4 Å². The van der Waals surface area contributed by atoms with Gasteiger partial charge in [-0.2, -0.15) is 0 Å². The van der Waals surface area contributed by atoms with Crippen LogP contribution in [0.5, 0.6) is 5.75 Å². The van der Waals surface area contributed by atoms with Crippen molar-refractivity contribution >= 4 is 17.5 Å². The van der Waals surface area contributed by atoms with Crippen molar-refractivity contribution in [1.82, 2.24) is 10.2 Å². The lowest BCUT2D eigenvalue weighted by Gasteiger charge is -2.31. The Morgan fingerprint density at radius 2 is 1.86 bits per heavy atom. The molecule has 0 aliphatic carbocycles. The molecule has 28 heavy (non-hydrogen) atoms. The van der Waals surface area contributed by atoms with Crippen molar-refractivity contribution in [2.24, 2.45) is 5.92 Å². The third-order valence-electron chi connectivity index (χ3n) is 4.95. The second-order valence-electron chi connectivity index (χ2n) is 7.02. The molecule has 148 valence electrons. The maximum absolute atomic E-state index is 12.5. The quantitative estimate of drug-likeness (QED) is 0.774. The Morgan fingerprint density at radius 3 is 2.64 bits per heavy atom. The van der Waals surface area contributed by atoms with Crippen LogP contribution in [0.3, 0.4) is 0 Å². The Labute approximate surface area is 165 Å². The minimum absolute atomic E-state index is 0.0188. The third kappa shape index (κ3) is 5.57. The molecular weight excluding hydrogens is 354 g/mol. The van der Waals surface area contributed by atoms with Crippen molar-refractivity contribution in [3.05, 3.63) is 60.2 Å². The summed E-state index contributed by atoms with van der Waals surface area (Å²) in [6.45, 7) is 2.15. The van der Waals surface area contributed by atoms with Crippen molar-refractivity contribution in [3.8, 4) is 5.75 Å². The van der Waals surface area contributed by atoms with Crippen LogP contribution in [-0.2, 0) is 16.1 Å². The molecule has 2 aromatic carbocycles. The Hall–Kier alpha value is -2.86. The van der Waals surface area contributed by atoms with Crippen LogP contribution < -0.4 is 15.4 Å². The van der Waals surface area contributed by atoms with Gasteiger partial charge in [0, 0.05) is 24.3 Å². The monoisotopic (exact) mass is 381 g/mol. The molecule has 2 amide bonds. The zero-order valence-electron chi connectivity index (χ0n) is 16.2. The number of hydrogen-bond donors (Lipinski definition) is 2. The molecule has 1 atom stereocenters. The molecule has 0 saturated carbocycles. The fourth-order valence-electron chi connectivity index (χ4n) is 3.48. The van der Waals surface area contributed by atoms with E-state index in [0.29, 0.717) is 19.6 Å². The van der Waals surface area contributed by atoms with E-state index in [1.165, 1.54) is 0 Å². The first-order valence-electron chi connectivity index (χ1n) is 9.62. The number of anilines is 1. The molecule has 2 N–H and O–H groups in total. The summed E-state index contributed by atoms with van der Waals surface area (Å²) in [5.74, 6) is 0.634. The highest BCUT2D eigenvalue weighted by Crippen LogP contribution is 2.19. The van der Waals surface area contributed by atoms with Gasteiger partial charge in [-0.1, -0.05) is 36.4 Å². The largest absolute Gasteiger partial charge is 0.496 e. The van der Waals surface area contributed by atoms with E-state index in [4.69, 9.17) is 4.74 Å². The van der Waals surface area contributed by atoms with Crippen molar-refractivity contribution in [2.45, 2.75) is 19.4 Å². The van der Waals surface area contributed by atoms with Gasteiger partial charge in [0.25, 0.3) is 0 Å². The lowest BCUT2D eigenvalue weighted by atomic mass is 9.97. The number of para-hydroxylation sites is 2. The summed E-state index contributed by atoms with van der Waals surface area (Å²) in [5.41, 5.74) is 1.75. The number of amides is 2. The van der Waals surface area contributed by atoms with Crippen LogP contribution in [0.2, 0.25) is 0 Å². The summed E-state index contributed by atoms with van der Waals surface area (Å²) < 4.78 is 5.31. The number of nitrogens with one attached hydrogen (secondary N) is 2. The van der Waals surface area contributed by atoms with Gasteiger partial charge in [-0.05, 0) is 37.6 Å². The van der Waals surface area contributed by atoms with Gasteiger partial charge in [-0.15, -0.1) is 0 Å². The molecule has 1 aliphatic heterocycles. The Morgan fingerprint density at radius 1 is 1.11 bits per heavy atom. The number of hydrogen-bond acceptors (Lipinski definition) is 4. The zero-order chi connectivity index (χ0) is 19.8. The van der Waals surface area contributed by atoms with Gasteiger partial charge in [0.15, 0.2) is 0 Å². The molecule has 2 aromatic rings. The number of likely N-dealkylation sites (tertiary alicyclic amines) is 1. The molecule has 6 nitrogen and oxygen atoms in total. The number of carbonyl (C=O) groups excluding carboxylic acids is 2. The zero-order valence-corrected chi connectivity index (χ0v) is 16.2. The average Bonchev–Trinajstić information content (AvgIpc) is 2.73. The van der Waals surface area contributed by atoms with Gasteiger partial charge in [-0.3, -0.25) is 14.5 Å². The van der Waals surface area contributed by atoms with Gasteiger partial charge >= 0.3 is 0 Å². The molecule has 0 spiro atoms. The van der Waals surface area contributed by atoms with Crippen LogP contribution in [0.1, 0.15) is 18.4 Å². The van der Waals surface area contributed by atoms with E-state index < -0.39 is 0 Å². The van der Waals surface area contributed by atoms with Crippen LogP contribution in [0.4, 0.5) is 5.69 Å². The third-order valence-corrected chi connectivity index (χ3v) is 4.95. The van der Waals surface area contributed by atoms with E-state index in [1.54, 1.807) is 7.11 Å². The van der Waals surface area contributed by atoms with Crippen LogP contribution in [-0.4, -0.2) is 43.5 Å². The SMILES string of the molecule is COc1ccccc1CNC(=O)CN1CCC[C@H](C(=O)Nc2ccccc2)C1. The fourth-order valence-corrected chi connectivity index (χ4v) is 3.48. The minimum Gasteiger partial charge on any atom is -0.496 e. The summed E-state index contributed by atoms with van der Waals surface area (Å²) in [6.07, 6.45) is 1.75. The van der Waals surface area contributed by atoms with E-state index >= 15 is 0 Å². The molecule has 1 heterocycles. The van der Waals surface area contributed by atoms with Crippen molar-refractivity contribution in [3.63, 3.8) is 0 Å². The number of ether oxygens (including phenoxy) is 1. The predicted octanol–water partition coefficient (Wildman–Crippen LogP) is 2.66. The van der Waals surface area contributed by atoms with Crippen molar-refractivity contribution in [1.29, 1.82) is 0 Å². The number of carbonyl (C=O) groups is 2. The van der Waals surface area contributed by atoms with Crippen molar-refractivity contribution in [2.75, 3.05) is 32.1 Å². The summed E-state index contributed by atoms with van der Waals surface area (Å²) in [5, 5.41) is 5.91. The number of benzene rings is 2. The first kappa shape index (κ1) is 19.9. The standard InChI is InChI=1S/C22H27N3O3/c1-28-20-12-6-5-8-17(20)14-23-21(26)16-25-13-7-9-18(15-25)22(27)24-19-10-3-2-4-11-19/h2-6,8,10-12,18H,7,9,13-16H2,1H3,(H,23,26)(H,24,27)/t18-/m0/s1. The highest BCUT2D eigenvalue weighted by Gasteiger charge is 2.26. The van der Waals surface area contributed by atoms with Crippen LogP contribution in [0, 0.1) is 5.92 Å². The fraction of sp³-hybridized carbons (Fsp3) is 0.364. The molecule has 1 aliphatic rings. The number of nitrogens with zero attached hydrogens (tertiary/aromatic N) is 1. The summed E-state index contributed by atoms with van der Waals surface area (Å²) in [7, 11) is 1.62. The maximum atomic E-state index is 12.5. The summed E-state index contributed by atoms with van der Waals surface area (Å²) >= 11 is 0. The highest BCUT2D eigenvalue weighted by molar-refractivity contribution is 5.92. The van der Waals surface area contributed by atoms with E-state index in [-0.39, 0.29) is 17.7 Å². The second-order valence-corrected chi connectivity index (χ2v) is 7.02. The Balaban J connectivity index is 1.47. The molecular formula is C22H27N3O3. The normalized spacial score (nSPS) is 17.0. The van der Waals surface area contributed by atoms with Gasteiger partial charge in [0.05, 0.1) is 19.6 Å². The topological polar surface area (TPSA) is 70.7 Å². The smallest absolute Gasteiger partial charge is 0.234 e. The molecule has 0 unspecified atom stereocenters. The van der Waals surface area contributed by atoms with E-state index in [0.717, 1.165) is 36.4 Å². The second kappa shape index (κ2) is 9.90. The first-order valence-corrected chi connectivity index (χ1v) is 9.62. The predicted molar refractivity (Wildman–Crippen MR) is 109 cm³/mol. The molecule has 1 fully saturated rings. The molecule has 0 aromatic heterocycles. The van der Waals surface area contributed by atoms with Crippen LogP contribution >= 0.6 is 0 Å². The number of piperidine rings is 1. The average molecular weight is 381 g/mol. The summed E-state index contributed by atoms with van der Waals surface area (Å²) in [4.78, 5) is 26.9. The van der Waals surface area contributed by atoms with Crippen molar-refractivity contribution < 1.29 is 14.3 Å². The maximum Gasteiger partial charge on any atom is 0.234 e. The minimum atomic E-state index is -0.101. The lowest BCUT2D eigenvalue weighted by Crippen LogP contribution is -2.45. The Bertz CT molecular complexity index is 795. The molecule has 6 heteroatoms. The summed E-state index contributed by atoms with van der Waals surface area (Å²) in [6, 6.07) is 17.1.